The highest BCUT2D eigenvalue weighted by Crippen LogP contribution is 2.31. The molecule has 0 spiro atoms. The monoisotopic (exact) mass is 333 g/mol. The third-order valence-electron chi connectivity index (χ3n) is 3.60. The van der Waals surface area contributed by atoms with Gasteiger partial charge in [0.2, 0.25) is 5.95 Å². The van der Waals surface area contributed by atoms with Crippen LogP contribution in [0.1, 0.15) is 30.0 Å². The van der Waals surface area contributed by atoms with Crippen LogP contribution in [-0.4, -0.2) is 9.55 Å². The molecule has 1 atom stereocenters. The molecular weight excluding hydrogens is 318 g/mol. The molecule has 2 aromatic heterocycles. The number of benzene rings is 1. The first-order chi connectivity index (χ1) is 9.47. The van der Waals surface area contributed by atoms with Gasteiger partial charge in [-0.25, -0.2) is 4.98 Å². The van der Waals surface area contributed by atoms with Crippen molar-refractivity contribution in [3.63, 3.8) is 0 Å². The molecule has 104 valence electrons. The van der Waals surface area contributed by atoms with Crippen LogP contribution in [0.2, 0.25) is 0 Å². The maximum Gasteiger partial charge on any atom is 0.201 e. The zero-order valence-corrected chi connectivity index (χ0v) is 13.2. The molecule has 0 aliphatic carbocycles. The molecule has 0 saturated heterocycles. The second kappa shape index (κ2) is 4.66. The van der Waals surface area contributed by atoms with E-state index in [2.05, 4.69) is 33.9 Å². The summed E-state index contributed by atoms with van der Waals surface area (Å²) in [5.41, 5.74) is 9.15. The summed E-state index contributed by atoms with van der Waals surface area (Å²) in [5, 5.41) is 0. The van der Waals surface area contributed by atoms with Gasteiger partial charge in [-0.3, -0.25) is 0 Å². The van der Waals surface area contributed by atoms with Crippen LogP contribution >= 0.6 is 15.9 Å². The lowest BCUT2D eigenvalue weighted by Crippen LogP contribution is -2.10. The zero-order valence-electron chi connectivity index (χ0n) is 11.6. The van der Waals surface area contributed by atoms with Crippen molar-refractivity contribution in [2.75, 3.05) is 5.73 Å². The predicted molar refractivity (Wildman–Crippen MR) is 83.8 cm³/mol. The minimum absolute atomic E-state index is 0.0821. The Kier molecular flexibility index (Phi) is 3.09. The normalized spacial score (nSPS) is 13.0. The number of rotatable bonds is 2. The number of nitrogens with zero attached hydrogens (tertiary/aromatic N) is 2. The average Bonchev–Trinajstić information content (AvgIpc) is 2.87. The van der Waals surface area contributed by atoms with Gasteiger partial charge in [0, 0.05) is 10.0 Å². The Labute approximate surface area is 125 Å². The third kappa shape index (κ3) is 2.02. The van der Waals surface area contributed by atoms with E-state index in [1.54, 1.807) is 0 Å². The van der Waals surface area contributed by atoms with Gasteiger partial charge in [-0.05, 0) is 45.0 Å². The largest absolute Gasteiger partial charge is 0.466 e. The Morgan fingerprint density at radius 3 is 2.70 bits per heavy atom. The van der Waals surface area contributed by atoms with Crippen LogP contribution in [0, 0.1) is 13.8 Å². The molecule has 2 N–H and O–H groups in total. The van der Waals surface area contributed by atoms with Crippen molar-refractivity contribution in [3.8, 4) is 0 Å². The standard InChI is InChI=1S/C15H16BrN3O/c1-8-6-12(10(3)20-8)9(2)19-14-5-4-11(16)7-13(14)18-15(19)17/h4-7,9H,1-3H3,(H2,17,18). The molecule has 20 heavy (non-hydrogen) atoms. The van der Waals surface area contributed by atoms with E-state index >= 15 is 0 Å². The van der Waals surface area contributed by atoms with Gasteiger partial charge in [0.05, 0.1) is 17.1 Å². The Balaban J connectivity index is 2.18. The van der Waals surface area contributed by atoms with Crippen molar-refractivity contribution in [2.45, 2.75) is 26.8 Å². The van der Waals surface area contributed by atoms with E-state index in [0.29, 0.717) is 5.95 Å². The van der Waals surface area contributed by atoms with Gasteiger partial charge in [-0.2, -0.15) is 0 Å². The van der Waals surface area contributed by atoms with Crippen LogP contribution < -0.4 is 5.73 Å². The molecule has 0 fully saturated rings. The van der Waals surface area contributed by atoms with Crippen LogP contribution in [0.4, 0.5) is 5.95 Å². The molecule has 1 unspecified atom stereocenters. The Morgan fingerprint density at radius 2 is 2.05 bits per heavy atom. The number of anilines is 1. The highest BCUT2D eigenvalue weighted by molar-refractivity contribution is 9.10. The summed E-state index contributed by atoms with van der Waals surface area (Å²) in [4.78, 5) is 4.44. The summed E-state index contributed by atoms with van der Waals surface area (Å²) in [7, 11) is 0. The molecule has 5 heteroatoms. The molecule has 0 bridgehead atoms. The van der Waals surface area contributed by atoms with Gasteiger partial charge < -0.3 is 14.7 Å². The number of fused-ring (bicyclic) bond motifs is 1. The topological polar surface area (TPSA) is 57.0 Å². The fourth-order valence-electron chi connectivity index (χ4n) is 2.70. The molecule has 0 saturated carbocycles. The van der Waals surface area contributed by atoms with Crippen molar-refractivity contribution < 1.29 is 4.42 Å². The van der Waals surface area contributed by atoms with Crippen LogP contribution in [0.3, 0.4) is 0 Å². The lowest BCUT2D eigenvalue weighted by atomic mass is 10.1. The van der Waals surface area contributed by atoms with E-state index in [1.165, 1.54) is 0 Å². The van der Waals surface area contributed by atoms with Crippen molar-refractivity contribution in [3.05, 3.63) is 45.8 Å². The highest BCUT2D eigenvalue weighted by Gasteiger charge is 2.19. The summed E-state index contributed by atoms with van der Waals surface area (Å²) < 4.78 is 8.66. The van der Waals surface area contributed by atoms with Crippen LogP contribution in [-0.2, 0) is 0 Å². The number of hydrogen-bond acceptors (Lipinski definition) is 3. The number of imidazole rings is 1. The summed E-state index contributed by atoms with van der Waals surface area (Å²) in [6.07, 6.45) is 0. The Bertz CT molecular complexity index is 788. The fraction of sp³-hybridized carbons (Fsp3) is 0.267. The summed E-state index contributed by atoms with van der Waals surface area (Å²) in [6.45, 7) is 6.04. The van der Waals surface area contributed by atoms with Crippen molar-refractivity contribution in [2.24, 2.45) is 0 Å². The van der Waals surface area contributed by atoms with Gasteiger partial charge >= 0.3 is 0 Å². The second-order valence-electron chi connectivity index (χ2n) is 5.02. The number of aromatic nitrogens is 2. The van der Waals surface area contributed by atoms with Crippen molar-refractivity contribution >= 4 is 32.9 Å². The SMILES string of the molecule is Cc1cc(C(C)n2c(N)nc3cc(Br)ccc32)c(C)o1. The fourth-order valence-corrected chi connectivity index (χ4v) is 3.05. The van der Waals surface area contributed by atoms with Gasteiger partial charge in [0.25, 0.3) is 0 Å². The van der Waals surface area contributed by atoms with E-state index in [-0.39, 0.29) is 6.04 Å². The van der Waals surface area contributed by atoms with Crippen LogP contribution in [0.15, 0.2) is 33.2 Å². The average molecular weight is 334 g/mol. The highest BCUT2D eigenvalue weighted by atomic mass is 79.9. The third-order valence-corrected chi connectivity index (χ3v) is 4.09. The molecule has 0 radical (unpaired) electrons. The van der Waals surface area contributed by atoms with E-state index in [0.717, 1.165) is 32.6 Å². The number of halogens is 1. The molecule has 3 aromatic rings. The number of furan rings is 1. The lowest BCUT2D eigenvalue weighted by molar-refractivity contribution is 0.495. The minimum atomic E-state index is 0.0821. The molecule has 3 rings (SSSR count). The Hall–Kier alpha value is -1.75. The van der Waals surface area contributed by atoms with Crippen LogP contribution in [0.5, 0.6) is 0 Å². The van der Waals surface area contributed by atoms with E-state index < -0.39 is 0 Å². The maximum absolute atomic E-state index is 6.10. The molecule has 0 amide bonds. The number of hydrogen-bond donors (Lipinski definition) is 1. The summed E-state index contributed by atoms with van der Waals surface area (Å²) in [6, 6.07) is 8.15. The molecule has 1 aromatic carbocycles. The Morgan fingerprint density at radius 1 is 1.30 bits per heavy atom. The van der Waals surface area contributed by atoms with E-state index in [4.69, 9.17) is 10.2 Å². The quantitative estimate of drug-likeness (QED) is 0.764. The first kappa shape index (κ1) is 13.2. The van der Waals surface area contributed by atoms with E-state index in [1.807, 2.05) is 36.6 Å². The first-order valence-electron chi connectivity index (χ1n) is 6.47. The van der Waals surface area contributed by atoms with Gasteiger partial charge in [0.1, 0.15) is 11.5 Å². The molecule has 2 heterocycles. The minimum Gasteiger partial charge on any atom is -0.466 e. The first-order valence-corrected chi connectivity index (χ1v) is 7.26. The van der Waals surface area contributed by atoms with Crippen molar-refractivity contribution in [1.82, 2.24) is 9.55 Å². The summed E-state index contributed by atoms with van der Waals surface area (Å²) in [5.74, 6) is 2.35. The number of nitrogen functional groups attached to an aromatic ring is 1. The molecular formula is C15H16BrN3O. The number of nitrogens with two attached hydrogens (primary N) is 1. The van der Waals surface area contributed by atoms with Crippen molar-refractivity contribution in [1.29, 1.82) is 0 Å². The molecule has 0 aliphatic rings. The van der Waals surface area contributed by atoms with E-state index in [9.17, 15) is 0 Å². The van der Waals surface area contributed by atoms with Gasteiger partial charge in [-0.1, -0.05) is 15.9 Å². The van der Waals surface area contributed by atoms with Gasteiger partial charge in [-0.15, -0.1) is 0 Å². The van der Waals surface area contributed by atoms with Crippen LogP contribution in [0.25, 0.3) is 11.0 Å². The maximum atomic E-state index is 6.10. The lowest BCUT2D eigenvalue weighted by Gasteiger charge is -2.15. The zero-order chi connectivity index (χ0) is 14.4. The number of aryl methyl sites for hydroxylation is 2. The molecule has 4 nitrogen and oxygen atoms in total. The molecule has 0 aliphatic heterocycles. The predicted octanol–water partition coefficient (Wildman–Crippen LogP) is 4.20. The summed E-state index contributed by atoms with van der Waals surface area (Å²) >= 11 is 3.46. The van der Waals surface area contributed by atoms with Gasteiger partial charge in [0.15, 0.2) is 0 Å². The smallest absolute Gasteiger partial charge is 0.201 e. The second-order valence-corrected chi connectivity index (χ2v) is 5.93.